The number of rotatable bonds is 4. The van der Waals surface area contributed by atoms with E-state index in [2.05, 4.69) is 14.8 Å². The Balaban J connectivity index is 1.55. The largest absolute Gasteiger partial charge is 0.370 e. The van der Waals surface area contributed by atoms with Crippen LogP contribution in [0.4, 0.5) is 5.69 Å². The summed E-state index contributed by atoms with van der Waals surface area (Å²) in [6, 6.07) is 2.05. The maximum absolute atomic E-state index is 5.83. The molecule has 2 N–H and O–H groups in total. The summed E-state index contributed by atoms with van der Waals surface area (Å²) in [6.07, 6.45) is 9.21. The summed E-state index contributed by atoms with van der Waals surface area (Å²) in [6.45, 7) is 6.85. The third-order valence-corrected chi connectivity index (χ3v) is 4.78. The quantitative estimate of drug-likeness (QED) is 0.910. The molecule has 0 amide bonds. The topological polar surface area (TPSA) is 45.4 Å². The minimum atomic E-state index is 0.603. The normalized spacial score (nSPS) is 21.6. The molecular weight excluding hydrogens is 248 g/mol. The lowest BCUT2D eigenvalue weighted by atomic mass is 9.95. The maximum Gasteiger partial charge on any atom is 0.0598 e. The van der Waals surface area contributed by atoms with Gasteiger partial charge in [0.05, 0.1) is 11.9 Å². The Morgan fingerprint density at radius 3 is 2.60 bits per heavy atom. The Hall–Kier alpha value is -1.13. The number of nitrogens with zero attached hydrogens (tertiary/aromatic N) is 3. The van der Waals surface area contributed by atoms with Gasteiger partial charge >= 0.3 is 0 Å². The van der Waals surface area contributed by atoms with Crippen LogP contribution in [0.25, 0.3) is 0 Å². The molecule has 4 heteroatoms. The predicted molar refractivity (Wildman–Crippen MR) is 82.7 cm³/mol. The minimum Gasteiger partial charge on any atom is -0.370 e. The molecule has 3 rings (SSSR count). The highest BCUT2D eigenvalue weighted by atomic mass is 15.2. The first kappa shape index (κ1) is 13.8. The van der Waals surface area contributed by atoms with Crippen LogP contribution < -0.4 is 10.6 Å². The van der Waals surface area contributed by atoms with Gasteiger partial charge in [0.25, 0.3) is 0 Å². The van der Waals surface area contributed by atoms with Crippen molar-refractivity contribution in [1.82, 2.24) is 9.88 Å². The van der Waals surface area contributed by atoms with Crippen molar-refractivity contribution in [3.05, 3.63) is 24.0 Å². The van der Waals surface area contributed by atoms with Crippen molar-refractivity contribution < 1.29 is 0 Å². The molecule has 0 spiro atoms. The van der Waals surface area contributed by atoms with Gasteiger partial charge in [-0.15, -0.1) is 0 Å². The summed E-state index contributed by atoms with van der Waals surface area (Å²) in [5.74, 6) is 0.877. The highest BCUT2D eigenvalue weighted by Crippen LogP contribution is 2.26. The van der Waals surface area contributed by atoms with Gasteiger partial charge in [0.15, 0.2) is 0 Å². The fourth-order valence-corrected chi connectivity index (χ4v) is 3.56. The summed E-state index contributed by atoms with van der Waals surface area (Å²) in [5, 5.41) is 0. The van der Waals surface area contributed by atoms with E-state index < -0.39 is 0 Å². The molecule has 2 aliphatic rings. The molecule has 0 radical (unpaired) electrons. The molecule has 0 atom stereocenters. The van der Waals surface area contributed by atoms with E-state index in [0.717, 1.165) is 19.0 Å². The summed E-state index contributed by atoms with van der Waals surface area (Å²) in [7, 11) is 0. The Morgan fingerprint density at radius 2 is 1.90 bits per heavy atom. The van der Waals surface area contributed by atoms with Gasteiger partial charge in [-0.2, -0.15) is 0 Å². The van der Waals surface area contributed by atoms with Crippen LogP contribution in [0.2, 0.25) is 0 Å². The zero-order valence-electron chi connectivity index (χ0n) is 12.3. The van der Waals surface area contributed by atoms with Gasteiger partial charge in [0.1, 0.15) is 0 Å². The highest BCUT2D eigenvalue weighted by molar-refractivity contribution is 5.51. The fraction of sp³-hybridized carbons (Fsp3) is 0.688. The molecule has 2 saturated heterocycles. The number of piperidine rings is 1. The van der Waals surface area contributed by atoms with Crippen molar-refractivity contribution in [1.29, 1.82) is 0 Å². The second kappa shape index (κ2) is 6.55. The highest BCUT2D eigenvalue weighted by Gasteiger charge is 2.23. The van der Waals surface area contributed by atoms with Crippen LogP contribution >= 0.6 is 0 Å². The van der Waals surface area contributed by atoms with Gasteiger partial charge in [-0.3, -0.25) is 4.98 Å². The van der Waals surface area contributed by atoms with E-state index in [-0.39, 0.29) is 0 Å². The number of pyridine rings is 1. The molecule has 2 aliphatic heterocycles. The maximum atomic E-state index is 5.83. The van der Waals surface area contributed by atoms with E-state index >= 15 is 0 Å². The summed E-state index contributed by atoms with van der Waals surface area (Å²) in [5.41, 5.74) is 8.30. The second-order valence-electron chi connectivity index (χ2n) is 6.15. The molecule has 3 heterocycles. The standard InChI is InChI=1S/C16H26N4/c17-11-15-3-6-18-12-16(15)20-9-4-14(5-10-20)13-19-7-1-2-8-19/h3,6,12,14H,1-2,4-5,7-11,13,17H2. The van der Waals surface area contributed by atoms with Crippen molar-refractivity contribution in [2.24, 2.45) is 11.7 Å². The number of likely N-dealkylation sites (tertiary alicyclic amines) is 1. The van der Waals surface area contributed by atoms with Gasteiger partial charge in [-0.05, 0) is 56.3 Å². The van der Waals surface area contributed by atoms with Crippen molar-refractivity contribution in [3.8, 4) is 0 Å². The average molecular weight is 274 g/mol. The minimum absolute atomic E-state index is 0.603. The summed E-state index contributed by atoms with van der Waals surface area (Å²) >= 11 is 0. The Morgan fingerprint density at radius 1 is 1.15 bits per heavy atom. The van der Waals surface area contributed by atoms with Crippen molar-refractivity contribution in [2.75, 3.05) is 37.6 Å². The Kier molecular flexibility index (Phi) is 4.53. The number of anilines is 1. The molecule has 0 saturated carbocycles. The van der Waals surface area contributed by atoms with Crippen LogP contribution in [0.15, 0.2) is 18.5 Å². The first-order valence-electron chi connectivity index (χ1n) is 7.97. The molecule has 1 aromatic heterocycles. The third-order valence-electron chi connectivity index (χ3n) is 4.78. The van der Waals surface area contributed by atoms with Crippen LogP contribution in [0.3, 0.4) is 0 Å². The monoisotopic (exact) mass is 274 g/mol. The molecule has 20 heavy (non-hydrogen) atoms. The molecule has 110 valence electrons. The zero-order chi connectivity index (χ0) is 13.8. The molecule has 0 aliphatic carbocycles. The van der Waals surface area contributed by atoms with Crippen molar-refractivity contribution in [2.45, 2.75) is 32.2 Å². The molecule has 0 unspecified atom stereocenters. The first-order chi connectivity index (χ1) is 9.86. The molecule has 0 aromatic carbocycles. The number of hydrogen-bond donors (Lipinski definition) is 1. The lowest BCUT2D eigenvalue weighted by Crippen LogP contribution is -2.38. The predicted octanol–water partition coefficient (Wildman–Crippen LogP) is 1.85. The second-order valence-corrected chi connectivity index (χ2v) is 6.15. The van der Waals surface area contributed by atoms with Crippen LogP contribution in [-0.4, -0.2) is 42.6 Å². The van der Waals surface area contributed by atoms with E-state index in [4.69, 9.17) is 5.73 Å². The Bertz CT molecular complexity index is 420. The molecule has 4 nitrogen and oxygen atoms in total. The van der Waals surface area contributed by atoms with Crippen LogP contribution in [0.1, 0.15) is 31.2 Å². The van der Waals surface area contributed by atoms with Gasteiger partial charge in [-0.25, -0.2) is 0 Å². The van der Waals surface area contributed by atoms with Gasteiger partial charge in [-0.1, -0.05) is 0 Å². The van der Waals surface area contributed by atoms with Gasteiger partial charge in [0, 0.05) is 32.4 Å². The van der Waals surface area contributed by atoms with E-state index in [0.29, 0.717) is 6.54 Å². The molecular formula is C16H26N4. The van der Waals surface area contributed by atoms with Crippen molar-refractivity contribution in [3.63, 3.8) is 0 Å². The van der Waals surface area contributed by atoms with Gasteiger partial charge < -0.3 is 15.5 Å². The lowest BCUT2D eigenvalue weighted by Gasteiger charge is -2.35. The van der Waals surface area contributed by atoms with Crippen LogP contribution in [0, 0.1) is 5.92 Å². The first-order valence-corrected chi connectivity index (χ1v) is 7.97. The SMILES string of the molecule is NCc1ccncc1N1CCC(CN2CCCC2)CC1. The van der Waals surface area contributed by atoms with Crippen LogP contribution in [0.5, 0.6) is 0 Å². The number of nitrogens with two attached hydrogens (primary N) is 1. The number of aromatic nitrogens is 1. The summed E-state index contributed by atoms with van der Waals surface area (Å²) in [4.78, 5) is 9.38. The molecule has 1 aromatic rings. The summed E-state index contributed by atoms with van der Waals surface area (Å²) < 4.78 is 0. The molecule has 2 fully saturated rings. The zero-order valence-corrected chi connectivity index (χ0v) is 12.3. The van der Waals surface area contributed by atoms with Gasteiger partial charge in [0.2, 0.25) is 0 Å². The van der Waals surface area contributed by atoms with E-state index in [1.54, 1.807) is 0 Å². The smallest absolute Gasteiger partial charge is 0.0598 e. The third kappa shape index (κ3) is 3.13. The van der Waals surface area contributed by atoms with E-state index in [1.165, 1.54) is 56.6 Å². The van der Waals surface area contributed by atoms with E-state index in [9.17, 15) is 0 Å². The fourth-order valence-electron chi connectivity index (χ4n) is 3.56. The number of hydrogen-bond acceptors (Lipinski definition) is 4. The van der Waals surface area contributed by atoms with Crippen molar-refractivity contribution >= 4 is 5.69 Å². The van der Waals surface area contributed by atoms with Crippen LogP contribution in [-0.2, 0) is 6.54 Å². The van der Waals surface area contributed by atoms with E-state index in [1.807, 2.05) is 18.5 Å². The Labute approximate surface area is 122 Å². The lowest BCUT2D eigenvalue weighted by molar-refractivity contribution is 0.249. The average Bonchev–Trinajstić information content (AvgIpc) is 3.01. The molecule has 0 bridgehead atoms.